The lowest BCUT2D eigenvalue weighted by Gasteiger charge is -2.13. The number of carbonyl (C=O) groups is 1. The molecule has 1 aromatic heterocycles. The minimum atomic E-state index is -0.473. The monoisotopic (exact) mass is 463 g/mol. The molecule has 3 aromatic rings. The van der Waals surface area contributed by atoms with Crippen LogP contribution in [0.15, 0.2) is 71.5 Å². The lowest BCUT2D eigenvalue weighted by atomic mass is 10.0. The molecule has 170 valence electrons. The standard InChI is InChI=1S/C25H26ClN5O2/c1-5-18(20-15-19(33-16(2)3)11-12-21(20)26)14-22(27-4)29-25(32)24-28-23(30-31-24)13-17-9-7-6-8-10-17/h5-12,14-16H,4,13H2,1-3H3,(H,29,32)(H,28,30,31)/b18-5+,22-14+. The first-order chi connectivity index (χ1) is 15.9. The van der Waals surface area contributed by atoms with Gasteiger partial charge < -0.3 is 15.0 Å². The summed E-state index contributed by atoms with van der Waals surface area (Å²) in [6, 6.07) is 15.2. The van der Waals surface area contributed by atoms with E-state index in [0.717, 1.165) is 16.7 Å². The van der Waals surface area contributed by atoms with E-state index in [0.29, 0.717) is 23.0 Å². The molecule has 0 radical (unpaired) electrons. The molecule has 1 amide bonds. The van der Waals surface area contributed by atoms with Gasteiger partial charge >= 0.3 is 0 Å². The number of ether oxygens (including phenoxy) is 1. The van der Waals surface area contributed by atoms with Gasteiger partial charge in [0.05, 0.1) is 6.10 Å². The predicted octanol–water partition coefficient (Wildman–Crippen LogP) is 5.21. The number of hydrogen-bond donors (Lipinski definition) is 2. The molecular formula is C25H26ClN5O2. The largest absolute Gasteiger partial charge is 0.491 e. The Morgan fingerprint density at radius 1 is 1.24 bits per heavy atom. The number of aromatic amines is 1. The highest BCUT2D eigenvalue weighted by Crippen LogP contribution is 2.30. The molecule has 0 spiro atoms. The van der Waals surface area contributed by atoms with E-state index in [1.54, 1.807) is 12.1 Å². The number of amides is 1. The molecule has 0 aliphatic rings. The van der Waals surface area contributed by atoms with Crippen molar-refractivity contribution in [2.75, 3.05) is 0 Å². The fourth-order valence-corrected chi connectivity index (χ4v) is 3.33. The number of nitrogens with one attached hydrogen (secondary N) is 2. The van der Waals surface area contributed by atoms with Crippen molar-refractivity contribution in [2.45, 2.75) is 33.3 Å². The van der Waals surface area contributed by atoms with Crippen LogP contribution >= 0.6 is 11.6 Å². The van der Waals surface area contributed by atoms with E-state index in [1.807, 2.05) is 69.3 Å². The first-order valence-electron chi connectivity index (χ1n) is 10.5. The van der Waals surface area contributed by atoms with Crippen LogP contribution in [0.2, 0.25) is 5.02 Å². The summed E-state index contributed by atoms with van der Waals surface area (Å²) in [6.07, 6.45) is 4.12. The number of benzene rings is 2. The Kier molecular flexibility index (Phi) is 8.16. The third kappa shape index (κ3) is 6.63. The molecule has 0 aliphatic heterocycles. The van der Waals surface area contributed by atoms with Crippen molar-refractivity contribution in [2.24, 2.45) is 4.99 Å². The molecule has 3 rings (SSSR count). The Morgan fingerprint density at radius 3 is 2.67 bits per heavy atom. The number of nitrogens with zero attached hydrogens (tertiary/aromatic N) is 3. The number of H-pyrrole nitrogens is 1. The molecule has 0 aliphatic carbocycles. The number of allylic oxidation sites excluding steroid dienone is 3. The van der Waals surface area contributed by atoms with Crippen molar-refractivity contribution in [3.05, 3.63) is 94.3 Å². The summed E-state index contributed by atoms with van der Waals surface area (Å²) in [5, 5.41) is 11.3. The summed E-state index contributed by atoms with van der Waals surface area (Å²) in [7, 11) is 0. The lowest BCUT2D eigenvalue weighted by Crippen LogP contribution is -2.23. The molecule has 7 nitrogen and oxygen atoms in total. The number of aliphatic imine (C=N–C) groups is 1. The van der Waals surface area contributed by atoms with E-state index in [-0.39, 0.29) is 17.7 Å². The molecule has 0 fully saturated rings. The third-order valence-electron chi connectivity index (χ3n) is 4.60. The summed E-state index contributed by atoms with van der Waals surface area (Å²) in [5.41, 5.74) is 2.56. The van der Waals surface area contributed by atoms with Crippen molar-refractivity contribution in [1.82, 2.24) is 20.5 Å². The van der Waals surface area contributed by atoms with E-state index in [9.17, 15) is 4.79 Å². The average molecular weight is 464 g/mol. The molecule has 0 saturated heterocycles. The summed E-state index contributed by atoms with van der Waals surface area (Å²) < 4.78 is 5.77. The quantitative estimate of drug-likeness (QED) is 0.336. The van der Waals surface area contributed by atoms with Crippen molar-refractivity contribution in [3.8, 4) is 5.75 Å². The topological polar surface area (TPSA) is 92.3 Å². The van der Waals surface area contributed by atoms with Gasteiger partial charge in [-0.3, -0.25) is 4.79 Å². The van der Waals surface area contributed by atoms with Gasteiger partial charge in [-0.2, -0.15) is 0 Å². The van der Waals surface area contributed by atoms with E-state index in [1.165, 1.54) is 0 Å². The predicted molar refractivity (Wildman–Crippen MR) is 132 cm³/mol. The molecule has 0 saturated carbocycles. The summed E-state index contributed by atoms with van der Waals surface area (Å²) in [6.45, 7) is 9.34. The fourth-order valence-electron chi connectivity index (χ4n) is 3.10. The Hall–Kier alpha value is -3.71. The molecule has 2 N–H and O–H groups in total. The molecule has 0 bridgehead atoms. The van der Waals surface area contributed by atoms with Crippen LogP contribution in [0, 0.1) is 0 Å². The Labute approximate surface area is 198 Å². The number of halogens is 1. The highest BCUT2D eigenvalue weighted by molar-refractivity contribution is 6.32. The second kappa shape index (κ2) is 11.2. The van der Waals surface area contributed by atoms with E-state index in [4.69, 9.17) is 16.3 Å². The maximum Gasteiger partial charge on any atom is 0.294 e. The zero-order valence-electron chi connectivity index (χ0n) is 18.8. The van der Waals surface area contributed by atoms with Gasteiger partial charge in [-0.1, -0.05) is 48.0 Å². The molecule has 8 heteroatoms. The van der Waals surface area contributed by atoms with E-state index in [2.05, 4.69) is 32.2 Å². The van der Waals surface area contributed by atoms with Gasteiger partial charge in [0.15, 0.2) is 0 Å². The van der Waals surface area contributed by atoms with Crippen LogP contribution in [0.4, 0.5) is 0 Å². The smallest absolute Gasteiger partial charge is 0.294 e. The second-order valence-electron chi connectivity index (χ2n) is 7.48. The van der Waals surface area contributed by atoms with Crippen molar-refractivity contribution < 1.29 is 9.53 Å². The number of aromatic nitrogens is 3. The SMILES string of the molecule is C=N/C(=C\C(=C/C)c1cc(OC(C)C)ccc1Cl)NC(=O)c1nnc(Cc2ccccc2)[nH]1. The van der Waals surface area contributed by atoms with Crippen molar-refractivity contribution in [1.29, 1.82) is 0 Å². The zero-order valence-corrected chi connectivity index (χ0v) is 19.6. The maximum atomic E-state index is 12.7. The van der Waals surface area contributed by atoms with E-state index >= 15 is 0 Å². The highest BCUT2D eigenvalue weighted by Gasteiger charge is 2.14. The molecule has 0 atom stereocenters. The van der Waals surface area contributed by atoms with Crippen LogP contribution in [0.25, 0.3) is 5.57 Å². The van der Waals surface area contributed by atoms with Gasteiger partial charge in [-0.15, -0.1) is 10.2 Å². The number of rotatable bonds is 9. The Morgan fingerprint density at radius 2 is 2.00 bits per heavy atom. The first-order valence-corrected chi connectivity index (χ1v) is 10.9. The van der Waals surface area contributed by atoms with Gasteiger partial charge in [-0.25, -0.2) is 4.99 Å². The molecule has 33 heavy (non-hydrogen) atoms. The summed E-state index contributed by atoms with van der Waals surface area (Å²) in [4.78, 5) is 19.6. The van der Waals surface area contributed by atoms with Crippen LogP contribution in [0.1, 0.15) is 48.3 Å². The molecular weight excluding hydrogens is 438 g/mol. The van der Waals surface area contributed by atoms with Gasteiger partial charge in [0.1, 0.15) is 17.4 Å². The summed E-state index contributed by atoms with van der Waals surface area (Å²) in [5.74, 6) is 1.15. The van der Waals surface area contributed by atoms with Crippen molar-refractivity contribution >= 4 is 29.8 Å². The van der Waals surface area contributed by atoms with Gasteiger partial charge in [0, 0.05) is 17.0 Å². The minimum absolute atomic E-state index is 0.0296. The molecule has 0 unspecified atom stereocenters. The third-order valence-corrected chi connectivity index (χ3v) is 4.93. The Balaban J connectivity index is 1.76. The maximum absolute atomic E-state index is 12.7. The van der Waals surface area contributed by atoms with Crippen LogP contribution in [0.3, 0.4) is 0 Å². The summed E-state index contributed by atoms with van der Waals surface area (Å²) >= 11 is 6.42. The van der Waals surface area contributed by atoms with E-state index < -0.39 is 5.91 Å². The average Bonchev–Trinajstić information content (AvgIpc) is 3.27. The normalized spacial score (nSPS) is 12.0. The number of hydrogen-bond acceptors (Lipinski definition) is 5. The van der Waals surface area contributed by atoms with Crippen LogP contribution in [-0.2, 0) is 6.42 Å². The van der Waals surface area contributed by atoms with Crippen LogP contribution < -0.4 is 10.1 Å². The zero-order chi connectivity index (χ0) is 23.8. The van der Waals surface area contributed by atoms with Gasteiger partial charge in [-0.05, 0) is 62.9 Å². The van der Waals surface area contributed by atoms with Crippen LogP contribution in [-0.4, -0.2) is 33.9 Å². The fraction of sp³-hybridized carbons (Fsp3) is 0.200. The van der Waals surface area contributed by atoms with Crippen molar-refractivity contribution in [3.63, 3.8) is 0 Å². The first kappa shape index (κ1) is 23.9. The molecule has 1 heterocycles. The lowest BCUT2D eigenvalue weighted by molar-refractivity contribution is 0.0955. The van der Waals surface area contributed by atoms with Gasteiger partial charge in [0.25, 0.3) is 5.91 Å². The van der Waals surface area contributed by atoms with Gasteiger partial charge in [0.2, 0.25) is 5.82 Å². The number of carbonyl (C=O) groups excluding carboxylic acids is 1. The minimum Gasteiger partial charge on any atom is -0.491 e. The molecule has 2 aromatic carbocycles. The second-order valence-corrected chi connectivity index (χ2v) is 7.88. The Bertz CT molecular complexity index is 1180. The highest BCUT2D eigenvalue weighted by atomic mass is 35.5. The van der Waals surface area contributed by atoms with Crippen LogP contribution in [0.5, 0.6) is 5.75 Å².